The molecule has 5 atom stereocenters. The van der Waals surface area contributed by atoms with Gasteiger partial charge in [-0.05, 0) is 49.4 Å². The van der Waals surface area contributed by atoms with E-state index < -0.39 is 97.5 Å². The van der Waals surface area contributed by atoms with E-state index >= 15 is 0 Å². The Bertz CT molecular complexity index is 1880. The molecule has 0 saturated heterocycles. The molecule has 0 aromatic heterocycles. The summed E-state index contributed by atoms with van der Waals surface area (Å²) in [5, 5.41) is 10.6. The van der Waals surface area contributed by atoms with Gasteiger partial charge < -0.3 is 33.8 Å². The third-order valence-corrected chi connectivity index (χ3v) is 19.7. The van der Waals surface area contributed by atoms with E-state index in [1.165, 1.54) is 186 Å². The predicted octanol–water partition coefficient (Wildman–Crippen LogP) is 22.4. The number of esters is 4. The molecule has 96 heavy (non-hydrogen) atoms. The summed E-state index contributed by atoms with van der Waals surface area (Å²) in [4.78, 5) is 72.8. The Kier molecular flexibility index (Phi) is 65.0. The third kappa shape index (κ3) is 70.5. The van der Waals surface area contributed by atoms with Crippen molar-refractivity contribution in [2.45, 2.75) is 408 Å². The van der Waals surface area contributed by atoms with Crippen molar-refractivity contribution >= 4 is 39.5 Å². The summed E-state index contributed by atoms with van der Waals surface area (Å²) in [6.45, 7) is 14.2. The van der Waals surface area contributed by atoms with E-state index in [9.17, 15) is 43.2 Å². The van der Waals surface area contributed by atoms with Gasteiger partial charge in [0.1, 0.15) is 19.3 Å². The lowest BCUT2D eigenvalue weighted by molar-refractivity contribution is -0.161. The van der Waals surface area contributed by atoms with Gasteiger partial charge in [0.2, 0.25) is 0 Å². The molecule has 0 aliphatic heterocycles. The third-order valence-electron chi connectivity index (χ3n) is 17.8. The molecule has 0 aliphatic carbocycles. The summed E-state index contributed by atoms with van der Waals surface area (Å²) in [5.41, 5.74) is 0. The molecule has 0 amide bonds. The Morgan fingerprint density at radius 3 is 0.646 bits per heavy atom. The van der Waals surface area contributed by atoms with Gasteiger partial charge in [-0.25, -0.2) is 9.13 Å². The molecule has 0 radical (unpaired) electrons. The van der Waals surface area contributed by atoms with E-state index in [4.69, 9.17) is 37.0 Å². The van der Waals surface area contributed by atoms with Gasteiger partial charge in [-0.2, -0.15) is 0 Å². The summed E-state index contributed by atoms with van der Waals surface area (Å²) in [5.74, 6) is 0.900. The minimum atomic E-state index is -4.96. The largest absolute Gasteiger partial charge is 0.472 e. The normalized spacial score (nSPS) is 14.1. The highest BCUT2D eigenvalue weighted by atomic mass is 31.2. The van der Waals surface area contributed by atoms with Crippen molar-refractivity contribution in [2.75, 3.05) is 39.6 Å². The maximum atomic E-state index is 13.1. The number of carbonyl (C=O) groups is 4. The maximum absolute atomic E-state index is 13.1. The number of unbranched alkanes of at least 4 members (excludes halogenated alkanes) is 40. The second-order valence-electron chi connectivity index (χ2n) is 29.7. The average molecular weight is 1410 g/mol. The molecule has 0 bridgehead atoms. The van der Waals surface area contributed by atoms with Crippen LogP contribution in [0.5, 0.6) is 0 Å². The Morgan fingerprint density at radius 2 is 0.438 bits per heavy atom. The molecule has 570 valence electrons. The zero-order chi connectivity index (χ0) is 71.0. The van der Waals surface area contributed by atoms with Crippen LogP contribution in [-0.2, 0) is 65.4 Å². The molecular formula is C77H150O17P2. The van der Waals surface area contributed by atoms with Gasteiger partial charge in [0.15, 0.2) is 12.2 Å². The number of aliphatic hydroxyl groups excluding tert-OH is 1. The van der Waals surface area contributed by atoms with E-state index in [0.29, 0.717) is 31.6 Å². The monoisotopic (exact) mass is 1410 g/mol. The number of rotatable bonds is 74. The zero-order valence-corrected chi connectivity index (χ0v) is 64.8. The van der Waals surface area contributed by atoms with Gasteiger partial charge in [0.05, 0.1) is 26.4 Å². The molecule has 0 saturated carbocycles. The van der Waals surface area contributed by atoms with Crippen molar-refractivity contribution < 1.29 is 80.2 Å². The van der Waals surface area contributed by atoms with Gasteiger partial charge in [0.25, 0.3) is 0 Å². The first-order valence-corrected chi connectivity index (χ1v) is 42.7. The van der Waals surface area contributed by atoms with Crippen LogP contribution in [0.15, 0.2) is 0 Å². The maximum Gasteiger partial charge on any atom is 0.472 e. The second kappa shape index (κ2) is 66.3. The fraction of sp³-hybridized carbons (Fsp3) is 0.948. The SMILES string of the molecule is CC(C)CCCCCCCCCCCCCCCCCCCCC(=O)O[C@H](COC(=O)CCCCCCCCCCCC(C)C)COP(=O)(O)OCC(O)COP(=O)(O)OC[C@@H](COC(=O)CCCCCCCCCC(C)C)OC(=O)CCCCCCCCCCCCC(C)C. The quantitative estimate of drug-likeness (QED) is 0.0222. The molecule has 0 rings (SSSR count). The van der Waals surface area contributed by atoms with Crippen LogP contribution < -0.4 is 0 Å². The van der Waals surface area contributed by atoms with Crippen molar-refractivity contribution in [3.63, 3.8) is 0 Å². The van der Waals surface area contributed by atoms with Gasteiger partial charge in [-0.3, -0.25) is 37.3 Å². The smallest absolute Gasteiger partial charge is 0.462 e. The molecular weight excluding hydrogens is 1260 g/mol. The Hall–Kier alpha value is -1.94. The average Bonchev–Trinajstić information content (AvgIpc) is 2.01. The van der Waals surface area contributed by atoms with Crippen LogP contribution in [0.2, 0.25) is 0 Å². The van der Waals surface area contributed by atoms with E-state index in [1.807, 2.05) is 0 Å². The van der Waals surface area contributed by atoms with Crippen LogP contribution in [-0.4, -0.2) is 96.7 Å². The lowest BCUT2D eigenvalue weighted by atomic mass is 10.0. The van der Waals surface area contributed by atoms with Gasteiger partial charge in [-0.1, -0.05) is 338 Å². The number of phosphoric ester groups is 2. The summed E-state index contributed by atoms with van der Waals surface area (Å²) >= 11 is 0. The van der Waals surface area contributed by atoms with Crippen LogP contribution in [0, 0.1) is 23.7 Å². The van der Waals surface area contributed by atoms with E-state index in [1.54, 1.807) is 0 Å². The number of hydrogen-bond acceptors (Lipinski definition) is 15. The molecule has 3 unspecified atom stereocenters. The second-order valence-corrected chi connectivity index (χ2v) is 32.6. The first kappa shape index (κ1) is 94.1. The molecule has 0 fully saturated rings. The summed E-state index contributed by atoms with van der Waals surface area (Å²) < 4.78 is 68.5. The molecule has 0 heterocycles. The summed E-state index contributed by atoms with van der Waals surface area (Å²) in [6.07, 6.45) is 51.5. The zero-order valence-electron chi connectivity index (χ0n) is 63.0. The van der Waals surface area contributed by atoms with E-state index in [2.05, 4.69) is 55.4 Å². The molecule has 0 aliphatic rings. The number of carbonyl (C=O) groups excluding carboxylic acids is 4. The molecule has 3 N–H and O–H groups in total. The lowest BCUT2D eigenvalue weighted by Gasteiger charge is -2.21. The van der Waals surface area contributed by atoms with Gasteiger partial charge >= 0.3 is 39.5 Å². The first-order valence-electron chi connectivity index (χ1n) is 39.7. The number of phosphoric acid groups is 2. The Labute approximate surface area is 588 Å². The molecule has 0 aromatic carbocycles. The Morgan fingerprint density at radius 1 is 0.260 bits per heavy atom. The topological polar surface area (TPSA) is 237 Å². The van der Waals surface area contributed by atoms with E-state index in [-0.39, 0.29) is 25.7 Å². The van der Waals surface area contributed by atoms with Crippen LogP contribution in [0.1, 0.15) is 389 Å². The number of aliphatic hydroxyl groups is 1. The van der Waals surface area contributed by atoms with Crippen molar-refractivity contribution in [1.29, 1.82) is 0 Å². The van der Waals surface area contributed by atoms with Crippen LogP contribution in [0.3, 0.4) is 0 Å². The molecule has 0 spiro atoms. The highest BCUT2D eigenvalue weighted by molar-refractivity contribution is 7.47. The fourth-order valence-corrected chi connectivity index (χ4v) is 13.3. The van der Waals surface area contributed by atoms with Crippen molar-refractivity contribution in [3.05, 3.63) is 0 Å². The molecule has 0 aromatic rings. The molecule has 17 nitrogen and oxygen atoms in total. The van der Waals surface area contributed by atoms with Crippen molar-refractivity contribution in [3.8, 4) is 0 Å². The number of hydrogen-bond donors (Lipinski definition) is 3. The lowest BCUT2D eigenvalue weighted by Crippen LogP contribution is -2.30. The summed E-state index contributed by atoms with van der Waals surface area (Å²) in [6, 6.07) is 0. The van der Waals surface area contributed by atoms with Crippen molar-refractivity contribution in [2.24, 2.45) is 23.7 Å². The standard InChI is InChI=1S/C77H150O17P2/c1-67(2)53-45-37-29-22-17-15-13-11-9-10-12-14-16-18-25-34-43-51-59-76(81)93-72(63-87-74(79)57-49-41-33-27-21-24-31-39-47-55-69(5)6)65-91-95(83,84)89-61-71(78)62-90-96(85,86)92-66-73(64-88-75(80)58-50-42-36-28-32-40-48-56-70(7)8)94-77(82)60-52-44-35-26-20-19-23-30-38-46-54-68(3)4/h67-73,78H,9-66H2,1-8H3,(H,83,84)(H,85,86)/t71?,72-,73-/m1/s1. The first-order chi connectivity index (χ1) is 46.1. The fourth-order valence-electron chi connectivity index (χ4n) is 11.7. The van der Waals surface area contributed by atoms with Crippen LogP contribution in [0.4, 0.5) is 0 Å². The summed E-state index contributed by atoms with van der Waals surface area (Å²) in [7, 11) is -9.91. The molecule has 19 heteroatoms. The highest BCUT2D eigenvalue weighted by Crippen LogP contribution is 2.45. The minimum Gasteiger partial charge on any atom is -0.462 e. The van der Waals surface area contributed by atoms with Gasteiger partial charge in [-0.15, -0.1) is 0 Å². The Balaban J connectivity index is 5.20. The van der Waals surface area contributed by atoms with Crippen LogP contribution in [0.25, 0.3) is 0 Å². The predicted molar refractivity (Wildman–Crippen MR) is 391 cm³/mol. The minimum absolute atomic E-state index is 0.105. The van der Waals surface area contributed by atoms with Crippen LogP contribution >= 0.6 is 15.6 Å². The highest BCUT2D eigenvalue weighted by Gasteiger charge is 2.30. The van der Waals surface area contributed by atoms with E-state index in [0.717, 1.165) is 114 Å². The van der Waals surface area contributed by atoms with Gasteiger partial charge in [0, 0.05) is 25.7 Å². The van der Waals surface area contributed by atoms with Crippen molar-refractivity contribution in [1.82, 2.24) is 0 Å². The number of ether oxygens (including phenoxy) is 4.